The van der Waals surface area contributed by atoms with Crippen molar-refractivity contribution in [1.29, 1.82) is 0 Å². The molecule has 0 spiro atoms. The fraction of sp³-hybridized carbons (Fsp3) is 0.423. The zero-order chi connectivity index (χ0) is 25.4. The third-order valence-electron chi connectivity index (χ3n) is 7.28. The Kier molecular flexibility index (Phi) is 7.32. The van der Waals surface area contributed by atoms with Crippen LogP contribution in [0.2, 0.25) is 5.02 Å². The van der Waals surface area contributed by atoms with Gasteiger partial charge in [-0.15, -0.1) is 0 Å². The molecule has 0 aliphatic carbocycles. The van der Waals surface area contributed by atoms with E-state index in [0.29, 0.717) is 27.7 Å². The van der Waals surface area contributed by atoms with Gasteiger partial charge in [0.15, 0.2) is 0 Å². The quantitative estimate of drug-likeness (QED) is 0.437. The number of carbonyl (C=O) groups is 1. The second-order valence-corrected chi connectivity index (χ2v) is 10.9. The number of benzene rings is 2. The van der Waals surface area contributed by atoms with Crippen LogP contribution in [-0.4, -0.2) is 71.5 Å². The van der Waals surface area contributed by atoms with Gasteiger partial charge >= 0.3 is 0 Å². The number of hydrogen-bond donors (Lipinski definition) is 1. The van der Waals surface area contributed by atoms with Crippen LogP contribution in [-0.2, 0) is 4.79 Å². The minimum Gasteiger partial charge on any atom is -0.341 e. The normalized spacial score (nSPS) is 19.1. The topological polar surface area (TPSA) is 64.6 Å². The SMILES string of the molecule is CN1CCCC1C(=O)N(C)C1CCN(c2nc(Nc3ccc(Cl)cc3Br)c3cc(F)ccc3n2)CC1. The molecule has 5 rings (SSSR count). The number of anilines is 3. The molecule has 7 nitrogen and oxygen atoms in total. The predicted molar refractivity (Wildman–Crippen MR) is 146 cm³/mol. The first-order valence-corrected chi connectivity index (χ1v) is 13.4. The summed E-state index contributed by atoms with van der Waals surface area (Å²) in [6.07, 6.45) is 3.69. The highest BCUT2D eigenvalue weighted by atomic mass is 79.9. The van der Waals surface area contributed by atoms with Crippen LogP contribution in [0.1, 0.15) is 25.7 Å². The molecule has 0 bridgehead atoms. The molecule has 3 aromatic rings. The summed E-state index contributed by atoms with van der Waals surface area (Å²) in [6.45, 7) is 2.45. The molecule has 1 atom stereocenters. The molecule has 2 saturated heterocycles. The Hall–Kier alpha value is -2.49. The van der Waals surface area contributed by atoms with Gasteiger partial charge < -0.3 is 15.1 Å². The zero-order valence-electron chi connectivity index (χ0n) is 20.3. The highest BCUT2D eigenvalue weighted by molar-refractivity contribution is 9.10. The van der Waals surface area contributed by atoms with Gasteiger partial charge in [0.05, 0.1) is 17.2 Å². The number of likely N-dealkylation sites (N-methyl/N-ethyl adjacent to an activating group) is 2. The van der Waals surface area contributed by atoms with Crippen molar-refractivity contribution in [3.05, 3.63) is 51.7 Å². The first-order valence-electron chi connectivity index (χ1n) is 12.2. The minimum atomic E-state index is -0.349. The van der Waals surface area contributed by atoms with Crippen LogP contribution in [0.3, 0.4) is 0 Å². The molecule has 10 heteroatoms. The van der Waals surface area contributed by atoms with Crippen molar-refractivity contribution in [2.75, 3.05) is 43.9 Å². The molecule has 3 heterocycles. The molecule has 0 saturated carbocycles. The van der Waals surface area contributed by atoms with E-state index in [2.05, 4.69) is 31.0 Å². The van der Waals surface area contributed by atoms with Crippen molar-refractivity contribution in [2.24, 2.45) is 0 Å². The lowest BCUT2D eigenvalue weighted by molar-refractivity contribution is -0.136. The molecule has 2 aromatic carbocycles. The average Bonchev–Trinajstić information content (AvgIpc) is 3.30. The summed E-state index contributed by atoms with van der Waals surface area (Å²) in [5, 5.41) is 4.53. The van der Waals surface area contributed by atoms with Crippen molar-refractivity contribution in [2.45, 2.75) is 37.8 Å². The number of amides is 1. The lowest BCUT2D eigenvalue weighted by Crippen LogP contribution is -2.50. The van der Waals surface area contributed by atoms with Gasteiger partial charge in [0.2, 0.25) is 11.9 Å². The standard InChI is InChI=1S/C26H29BrClFN6O/c1-33-11-3-4-23(33)25(36)34(2)18-9-12-35(13-10-18)26-31-21-8-6-17(29)15-19(21)24(32-26)30-22-7-5-16(28)14-20(22)27/h5-8,14-15,18,23H,3-4,9-13H2,1-2H3,(H,30,31,32). The lowest BCUT2D eigenvalue weighted by Gasteiger charge is -2.38. The fourth-order valence-electron chi connectivity index (χ4n) is 5.13. The van der Waals surface area contributed by atoms with Crippen LogP contribution >= 0.6 is 27.5 Å². The van der Waals surface area contributed by atoms with E-state index >= 15 is 0 Å². The van der Waals surface area contributed by atoms with E-state index < -0.39 is 0 Å². The number of carbonyl (C=O) groups excluding carboxylic acids is 1. The van der Waals surface area contributed by atoms with Gasteiger partial charge in [-0.2, -0.15) is 4.98 Å². The molecule has 2 fully saturated rings. The zero-order valence-corrected chi connectivity index (χ0v) is 22.7. The number of piperidine rings is 1. The Bertz CT molecular complexity index is 1280. The summed E-state index contributed by atoms with van der Waals surface area (Å²) in [7, 11) is 3.96. The van der Waals surface area contributed by atoms with E-state index in [9.17, 15) is 9.18 Å². The van der Waals surface area contributed by atoms with Gasteiger partial charge in [-0.05, 0) is 91.6 Å². The minimum absolute atomic E-state index is 0.00179. The van der Waals surface area contributed by atoms with Crippen molar-refractivity contribution in [1.82, 2.24) is 19.8 Å². The van der Waals surface area contributed by atoms with E-state index in [1.165, 1.54) is 12.1 Å². The maximum atomic E-state index is 14.1. The van der Waals surface area contributed by atoms with Crippen LogP contribution < -0.4 is 10.2 Å². The van der Waals surface area contributed by atoms with Crippen molar-refractivity contribution in [3.63, 3.8) is 0 Å². The van der Waals surface area contributed by atoms with Gasteiger partial charge in [0, 0.05) is 41.1 Å². The van der Waals surface area contributed by atoms with E-state index in [1.54, 1.807) is 18.2 Å². The highest BCUT2D eigenvalue weighted by Crippen LogP contribution is 2.33. The maximum Gasteiger partial charge on any atom is 0.239 e. The number of nitrogens with one attached hydrogen (secondary N) is 1. The Labute approximate surface area is 223 Å². The van der Waals surface area contributed by atoms with Crippen molar-refractivity contribution in [3.8, 4) is 0 Å². The van der Waals surface area contributed by atoms with Crippen LogP contribution in [0.15, 0.2) is 40.9 Å². The van der Waals surface area contributed by atoms with Gasteiger partial charge in [0.1, 0.15) is 11.6 Å². The third kappa shape index (κ3) is 5.14. The molecular weight excluding hydrogens is 547 g/mol. The fourth-order valence-corrected chi connectivity index (χ4v) is 5.92. The molecule has 190 valence electrons. The maximum absolute atomic E-state index is 14.1. The number of halogens is 3. The van der Waals surface area contributed by atoms with Crippen LogP contribution in [0, 0.1) is 5.82 Å². The summed E-state index contributed by atoms with van der Waals surface area (Å²) in [5.74, 6) is 0.983. The largest absolute Gasteiger partial charge is 0.341 e. The van der Waals surface area contributed by atoms with Gasteiger partial charge in [-0.25, -0.2) is 9.37 Å². The third-order valence-corrected chi connectivity index (χ3v) is 8.17. The van der Waals surface area contributed by atoms with Crippen molar-refractivity contribution < 1.29 is 9.18 Å². The van der Waals surface area contributed by atoms with Crippen LogP contribution in [0.25, 0.3) is 10.9 Å². The number of rotatable bonds is 5. The lowest BCUT2D eigenvalue weighted by atomic mass is 10.0. The van der Waals surface area contributed by atoms with Crippen molar-refractivity contribution >= 4 is 61.8 Å². The number of nitrogens with zero attached hydrogens (tertiary/aromatic N) is 5. The molecule has 2 aliphatic rings. The summed E-state index contributed by atoms with van der Waals surface area (Å²) in [5.41, 5.74) is 1.43. The highest BCUT2D eigenvalue weighted by Gasteiger charge is 2.34. The molecule has 1 amide bonds. The Balaban J connectivity index is 1.36. The molecule has 1 unspecified atom stereocenters. The molecule has 1 N–H and O–H groups in total. The molecule has 2 aliphatic heterocycles. The Morgan fingerprint density at radius 1 is 1.14 bits per heavy atom. The van der Waals surface area contributed by atoms with E-state index in [0.717, 1.165) is 55.5 Å². The summed E-state index contributed by atoms with van der Waals surface area (Å²) in [6, 6.07) is 10.1. The van der Waals surface area contributed by atoms with Crippen LogP contribution in [0.5, 0.6) is 0 Å². The number of hydrogen-bond acceptors (Lipinski definition) is 6. The first-order chi connectivity index (χ1) is 17.3. The summed E-state index contributed by atoms with van der Waals surface area (Å²) in [4.78, 5) is 28.8. The van der Waals surface area contributed by atoms with E-state index in [1.807, 2.05) is 25.1 Å². The number of aromatic nitrogens is 2. The monoisotopic (exact) mass is 574 g/mol. The summed E-state index contributed by atoms with van der Waals surface area (Å²) >= 11 is 9.62. The molecular formula is C26H29BrClFN6O. The molecule has 0 radical (unpaired) electrons. The summed E-state index contributed by atoms with van der Waals surface area (Å²) < 4.78 is 14.9. The van der Waals surface area contributed by atoms with E-state index in [4.69, 9.17) is 21.6 Å². The smallest absolute Gasteiger partial charge is 0.239 e. The second-order valence-electron chi connectivity index (χ2n) is 9.59. The Morgan fingerprint density at radius 3 is 2.61 bits per heavy atom. The number of fused-ring (bicyclic) bond motifs is 1. The molecule has 36 heavy (non-hydrogen) atoms. The average molecular weight is 576 g/mol. The first kappa shape index (κ1) is 25.2. The van der Waals surface area contributed by atoms with Gasteiger partial charge in [0.25, 0.3) is 0 Å². The Morgan fingerprint density at radius 2 is 1.92 bits per heavy atom. The van der Waals surface area contributed by atoms with Crippen LogP contribution in [0.4, 0.5) is 21.8 Å². The van der Waals surface area contributed by atoms with Gasteiger partial charge in [-0.3, -0.25) is 9.69 Å². The van der Waals surface area contributed by atoms with Gasteiger partial charge in [-0.1, -0.05) is 11.6 Å². The predicted octanol–water partition coefficient (Wildman–Crippen LogP) is 5.45. The van der Waals surface area contributed by atoms with E-state index in [-0.39, 0.29) is 23.8 Å². The second kappa shape index (κ2) is 10.5. The molecule has 1 aromatic heterocycles. The number of likely N-dealkylation sites (tertiary alicyclic amines) is 1.